The molecule has 0 spiro atoms. The van der Waals surface area contributed by atoms with E-state index in [9.17, 15) is 8.78 Å². The van der Waals surface area contributed by atoms with Crippen molar-refractivity contribution in [2.45, 2.75) is 45.5 Å². The second-order valence-corrected chi connectivity index (χ2v) is 5.35. The summed E-state index contributed by atoms with van der Waals surface area (Å²) < 4.78 is 29.4. The quantitative estimate of drug-likeness (QED) is 0.706. The molecule has 0 aliphatic rings. The lowest BCUT2D eigenvalue weighted by Crippen LogP contribution is -2.18. The predicted octanol–water partition coefficient (Wildman–Crippen LogP) is 5.05. The molecule has 0 fully saturated rings. The third kappa shape index (κ3) is 2.41. The normalized spacial score (nSPS) is 13.3. The number of halogens is 3. The lowest BCUT2D eigenvalue weighted by atomic mass is 9.95. The summed E-state index contributed by atoms with van der Waals surface area (Å²) in [6.07, 6.45) is 1.94. The summed E-state index contributed by atoms with van der Waals surface area (Å²) >= 11 is 5.93. The van der Waals surface area contributed by atoms with Gasteiger partial charge in [-0.3, -0.25) is 0 Å². The molecule has 0 radical (unpaired) electrons. The minimum Gasteiger partial charge on any atom is -0.321 e. The average molecular weight is 301 g/mol. The number of hydrogen-bond acceptors (Lipinski definition) is 1. The SMILES string of the molecule is CCC(CC)C(C)n1c(CCl)nc2ccc(F)c(F)c21. The van der Waals surface area contributed by atoms with Gasteiger partial charge in [-0.25, -0.2) is 13.8 Å². The van der Waals surface area contributed by atoms with Gasteiger partial charge in [0.25, 0.3) is 0 Å². The number of rotatable bonds is 5. The van der Waals surface area contributed by atoms with E-state index < -0.39 is 11.6 Å². The molecule has 0 aliphatic carbocycles. The highest BCUT2D eigenvalue weighted by Gasteiger charge is 2.24. The predicted molar refractivity (Wildman–Crippen MR) is 78.0 cm³/mol. The molecule has 0 N–H and O–H groups in total. The monoisotopic (exact) mass is 300 g/mol. The largest absolute Gasteiger partial charge is 0.321 e. The van der Waals surface area contributed by atoms with Crippen molar-refractivity contribution >= 4 is 22.6 Å². The molecule has 1 unspecified atom stereocenters. The van der Waals surface area contributed by atoms with Crippen LogP contribution >= 0.6 is 11.6 Å². The van der Waals surface area contributed by atoms with Gasteiger partial charge in [0, 0.05) is 6.04 Å². The van der Waals surface area contributed by atoms with Crippen LogP contribution in [-0.4, -0.2) is 9.55 Å². The van der Waals surface area contributed by atoms with E-state index >= 15 is 0 Å². The van der Waals surface area contributed by atoms with Crippen molar-refractivity contribution in [2.75, 3.05) is 0 Å². The lowest BCUT2D eigenvalue weighted by molar-refractivity contribution is 0.332. The maximum atomic E-state index is 14.2. The van der Waals surface area contributed by atoms with Crippen LogP contribution in [0.4, 0.5) is 8.78 Å². The molecule has 20 heavy (non-hydrogen) atoms. The molecule has 0 saturated heterocycles. The van der Waals surface area contributed by atoms with Crippen LogP contribution in [0.2, 0.25) is 0 Å². The molecule has 0 bridgehead atoms. The lowest BCUT2D eigenvalue weighted by Gasteiger charge is -2.25. The zero-order valence-electron chi connectivity index (χ0n) is 12.0. The van der Waals surface area contributed by atoms with Crippen molar-refractivity contribution in [1.82, 2.24) is 9.55 Å². The molecular weight excluding hydrogens is 282 g/mol. The number of imidazole rings is 1. The van der Waals surface area contributed by atoms with Crippen molar-refractivity contribution < 1.29 is 8.78 Å². The fraction of sp³-hybridized carbons (Fsp3) is 0.533. The molecule has 0 saturated carbocycles. The van der Waals surface area contributed by atoms with E-state index in [0.717, 1.165) is 18.9 Å². The van der Waals surface area contributed by atoms with Crippen molar-refractivity contribution in [3.63, 3.8) is 0 Å². The molecule has 0 aliphatic heterocycles. The number of hydrogen-bond donors (Lipinski definition) is 0. The highest BCUT2D eigenvalue weighted by Crippen LogP contribution is 2.32. The maximum absolute atomic E-state index is 14.2. The highest BCUT2D eigenvalue weighted by molar-refractivity contribution is 6.16. The second kappa shape index (κ2) is 6.08. The molecule has 5 heteroatoms. The van der Waals surface area contributed by atoms with E-state index in [1.165, 1.54) is 6.07 Å². The van der Waals surface area contributed by atoms with Crippen LogP contribution in [0.15, 0.2) is 12.1 Å². The Morgan fingerprint density at radius 1 is 1.25 bits per heavy atom. The van der Waals surface area contributed by atoms with Gasteiger partial charge in [0.1, 0.15) is 11.3 Å². The summed E-state index contributed by atoms with van der Waals surface area (Å²) in [7, 11) is 0. The van der Waals surface area contributed by atoms with E-state index in [1.807, 2.05) is 6.92 Å². The fourth-order valence-corrected chi connectivity index (χ4v) is 3.07. The first-order valence-corrected chi connectivity index (χ1v) is 7.49. The second-order valence-electron chi connectivity index (χ2n) is 5.08. The standard InChI is InChI=1S/C15H19ClF2N2/c1-4-10(5-2)9(3)20-13(8-16)19-12-7-6-11(17)14(18)15(12)20/h6-7,9-10H,4-5,8H2,1-3H3. The van der Waals surface area contributed by atoms with Crippen LogP contribution < -0.4 is 0 Å². The Kier molecular flexibility index (Phi) is 4.63. The average Bonchev–Trinajstić information content (AvgIpc) is 2.83. The van der Waals surface area contributed by atoms with Crippen molar-refractivity contribution in [3.8, 4) is 0 Å². The van der Waals surface area contributed by atoms with Crippen molar-refractivity contribution in [1.29, 1.82) is 0 Å². The third-order valence-electron chi connectivity index (χ3n) is 4.07. The minimum absolute atomic E-state index is 0.0278. The number of benzene rings is 1. The van der Waals surface area contributed by atoms with Crippen LogP contribution in [0.3, 0.4) is 0 Å². The Morgan fingerprint density at radius 3 is 2.45 bits per heavy atom. The molecule has 1 aromatic heterocycles. The van der Waals surface area contributed by atoms with Gasteiger partial charge in [-0.15, -0.1) is 11.6 Å². The first-order chi connectivity index (χ1) is 9.54. The van der Waals surface area contributed by atoms with Gasteiger partial charge in [0.05, 0.1) is 11.4 Å². The molecule has 1 atom stereocenters. The summed E-state index contributed by atoms with van der Waals surface area (Å²) in [5, 5.41) is 0. The zero-order chi connectivity index (χ0) is 14.9. The number of nitrogens with zero attached hydrogens (tertiary/aromatic N) is 2. The molecule has 0 amide bonds. The van der Waals surface area contributed by atoms with Crippen molar-refractivity contribution in [3.05, 3.63) is 29.6 Å². The van der Waals surface area contributed by atoms with Crippen LogP contribution in [0.5, 0.6) is 0 Å². The Morgan fingerprint density at radius 2 is 1.90 bits per heavy atom. The van der Waals surface area contributed by atoms with Crippen LogP contribution in [0.25, 0.3) is 11.0 Å². The molecule has 2 nitrogen and oxygen atoms in total. The number of alkyl halides is 1. The van der Waals surface area contributed by atoms with Gasteiger partial charge in [-0.1, -0.05) is 26.7 Å². The Bertz CT molecular complexity index is 605. The molecular formula is C15H19ClF2N2. The topological polar surface area (TPSA) is 17.8 Å². The van der Waals surface area contributed by atoms with E-state index in [2.05, 4.69) is 18.8 Å². The number of fused-ring (bicyclic) bond motifs is 1. The van der Waals surface area contributed by atoms with Gasteiger partial charge < -0.3 is 4.57 Å². The Labute approximate surface area is 122 Å². The molecule has 1 aromatic carbocycles. The summed E-state index contributed by atoms with van der Waals surface area (Å²) in [5.74, 6) is -0.552. The highest BCUT2D eigenvalue weighted by atomic mass is 35.5. The van der Waals surface area contributed by atoms with E-state index in [0.29, 0.717) is 17.3 Å². The summed E-state index contributed by atoms with van der Waals surface area (Å²) in [6, 6.07) is 2.63. The van der Waals surface area contributed by atoms with Gasteiger partial charge in [0.15, 0.2) is 11.6 Å². The van der Waals surface area contributed by atoms with Gasteiger partial charge in [0.2, 0.25) is 0 Å². The van der Waals surface area contributed by atoms with Crippen LogP contribution in [0, 0.1) is 17.6 Å². The number of aromatic nitrogens is 2. The van der Waals surface area contributed by atoms with Crippen molar-refractivity contribution in [2.24, 2.45) is 5.92 Å². The fourth-order valence-electron chi connectivity index (χ4n) is 2.89. The van der Waals surface area contributed by atoms with E-state index in [4.69, 9.17) is 11.6 Å². The zero-order valence-corrected chi connectivity index (χ0v) is 12.7. The Hall–Kier alpha value is -1.16. The summed E-state index contributed by atoms with van der Waals surface area (Å²) in [6.45, 7) is 6.21. The van der Waals surface area contributed by atoms with E-state index in [-0.39, 0.29) is 17.4 Å². The smallest absolute Gasteiger partial charge is 0.184 e. The third-order valence-corrected chi connectivity index (χ3v) is 4.31. The van der Waals surface area contributed by atoms with Crippen LogP contribution in [-0.2, 0) is 5.88 Å². The first-order valence-electron chi connectivity index (χ1n) is 6.95. The molecule has 1 heterocycles. The van der Waals surface area contributed by atoms with Gasteiger partial charge >= 0.3 is 0 Å². The van der Waals surface area contributed by atoms with Gasteiger partial charge in [-0.2, -0.15) is 0 Å². The molecule has 2 rings (SSSR count). The summed E-state index contributed by atoms with van der Waals surface area (Å²) in [4.78, 5) is 4.33. The van der Waals surface area contributed by atoms with Crippen LogP contribution in [0.1, 0.15) is 45.5 Å². The molecule has 110 valence electrons. The summed E-state index contributed by atoms with van der Waals surface area (Å²) in [5.41, 5.74) is 0.678. The Balaban J connectivity index is 2.69. The van der Waals surface area contributed by atoms with Gasteiger partial charge in [-0.05, 0) is 25.0 Å². The maximum Gasteiger partial charge on any atom is 0.184 e. The first kappa shape index (κ1) is 15.2. The van der Waals surface area contributed by atoms with E-state index in [1.54, 1.807) is 4.57 Å². The molecule has 2 aromatic rings. The minimum atomic E-state index is -0.850.